The van der Waals surface area contributed by atoms with Gasteiger partial charge >= 0.3 is 0 Å². The predicted molar refractivity (Wildman–Crippen MR) is 75.6 cm³/mol. The third-order valence-corrected chi connectivity index (χ3v) is 3.54. The molecule has 1 aromatic carbocycles. The van der Waals surface area contributed by atoms with E-state index >= 15 is 0 Å². The molecular formula is C16H24O3. The van der Waals surface area contributed by atoms with Gasteiger partial charge in [0.15, 0.2) is 0 Å². The minimum atomic E-state index is -0.296. The highest BCUT2D eigenvalue weighted by Crippen LogP contribution is 2.31. The summed E-state index contributed by atoms with van der Waals surface area (Å²) in [5, 5.41) is 9.89. The summed E-state index contributed by atoms with van der Waals surface area (Å²) in [6.45, 7) is 4.20. The van der Waals surface area contributed by atoms with Crippen LogP contribution in [0.25, 0.3) is 0 Å². The molecule has 0 fully saturated rings. The van der Waals surface area contributed by atoms with E-state index in [1.54, 1.807) is 0 Å². The van der Waals surface area contributed by atoms with E-state index in [1.807, 2.05) is 12.1 Å². The molecule has 0 saturated carbocycles. The molecule has 19 heavy (non-hydrogen) atoms. The lowest BCUT2D eigenvalue weighted by atomic mass is 9.89. The van der Waals surface area contributed by atoms with Crippen LogP contribution in [0.5, 0.6) is 5.75 Å². The number of hydrogen-bond acceptors (Lipinski definition) is 3. The molecule has 0 saturated heterocycles. The maximum absolute atomic E-state index is 9.89. The van der Waals surface area contributed by atoms with Crippen LogP contribution in [-0.2, 0) is 11.2 Å². The van der Waals surface area contributed by atoms with Crippen molar-refractivity contribution in [3.63, 3.8) is 0 Å². The van der Waals surface area contributed by atoms with Crippen LogP contribution in [0.3, 0.4) is 0 Å². The predicted octanol–water partition coefficient (Wildman–Crippen LogP) is 3.25. The van der Waals surface area contributed by atoms with Crippen molar-refractivity contribution < 1.29 is 14.6 Å². The molecule has 0 spiro atoms. The van der Waals surface area contributed by atoms with E-state index in [2.05, 4.69) is 13.0 Å². The molecule has 0 heterocycles. The number of fused-ring (bicyclic) bond motifs is 1. The van der Waals surface area contributed by atoms with Crippen LogP contribution in [0.15, 0.2) is 18.2 Å². The van der Waals surface area contributed by atoms with Gasteiger partial charge in [-0.05, 0) is 48.9 Å². The summed E-state index contributed by atoms with van der Waals surface area (Å²) >= 11 is 0. The number of benzene rings is 1. The second-order valence-electron chi connectivity index (χ2n) is 5.08. The Kier molecular flexibility index (Phi) is 5.67. The third kappa shape index (κ3) is 4.22. The molecule has 1 aliphatic carbocycles. The fourth-order valence-corrected chi connectivity index (χ4v) is 2.42. The smallest absolute Gasteiger partial charge is 0.119 e. The third-order valence-electron chi connectivity index (χ3n) is 3.54. The van der Waals surface area contributed by atoms with Crippen LogP contribution in [0, 0.1) is 0 Å². The molecule has 0 radical (unpaired) electrons. The van der Waals surface area contributed by atoms with Crippen LogP contribution >= 0.6 is 0 Å². The van der Waals surface area contributed by atoms with Gasteiger partial charge in [-0.15, -0.1) is 0 Å². The normalized spacial score (nSPS) is 18.1. The van der Waals surface area contributed by atoms with E-state index < -0.39 is 0 Å². The molecule has 106 valence electrons. The molecule has 1 unspecified atom stereocenters. The van der Waals surface area contributed by atoms with Crippen molar-refractivity contribution >= 4 is 0 Å². The zero-order chi connectivity index (χ0) is 13.5. The molecule has 0 amide bonds. The van der Waals surface area contributed by atoms with Gasteiger partial charge in [0.25, 0.3) is 0 Å². The molecular weight excluding hydrogens is 240 g/mol. The van der Waals surface area contributed by atoms with Crippen molar-refractivity contribution in [3.05, 3.63) is 29.3 Å². The van der Waals surface area contributed by atoms with E-state index in [4.69, 9.17) is 9.47 Å². The largest absolute Gasteiger partial charge is 0.491 e. The number of aliphatic hydroxyl groups is 1. The monoisotopic (exact) mass is 264 g/mol. The highest BCUT2D eigenvalue weighted by atomic mass is 16.5. The van der Waals surface area contributed by atoms with Gasteiger partial charge in [-0.1, -0.05) is 19.4 Å². The second kappa shape index (κ2) is 7.51. The first-order chi connectivity index (χ1) is 9.31. The maximum Gasteiger partial charge on any atom is 0.119 e. The van der Waals surface area contributed by atoms with Crippen molar-refractivity contribution in [2.24, 2.45) is 0 Å². The molecule has 0 bridgehead atoms. The maximum atomic E-state index is 9.89. The molecule has 1 aliphatic rings. The Bertz CT molecular complexity index is 390. The summed E-state index contributed by atoms with van der Waals surface area (Å²) in [5.41, 5.74) is 2.29. The van der Waals surface area contributed by atoms with Crippen molar-refractivity contribution in [2.45, 2.75) is 45.1 Å². The molecule has 1 N–H and O–H groups in total. The van der Waals surface area contributed by atoms with Crippen molar-refractivity contribution in [1.82, 2.24) is 0 Å². The Labute approximate surface area is 115 Å². The summed E-state index contributed by atoms with van der Waals surface area (Å²) < 4.78 is 11.1. The summed E-state index contributed by atoms with van der Waals surface area (Å²) in [4.78, 5) is 0. The van der Waals surface area contributed by atoms with Gasteiger partial charge in [0.2, 0.25) is 0 Å². The SMILES string of the molecule is CCCCOCCOc1ccc2c(c1)CCCC2O. The first kappa shape index (κ1) is 14.4. The minimum absolute atomic E-state index is 0.296. The van der Waals surface area contributed by atoms with Crippen LogP contribution in [0.2, 0.25) is 0 Å². The van der Waals surface area contributed by atoms with Crippen molar-refractivity contribution in [1.29, 1.82) is 0 Å². The standard InChI is InChI=1S/C16H24O3/c1-2-3-9-18-10-11-19-14-7-8-15-13(12-14)5-4-6-16(15)17/h7-8,12,16-17H,2-6,9-11H2,1H3. The number of unbranched alkanes of at least 4 members (excludes halogenated alkanes) is 1. The lowest BCUT2D eigenvalue weighted by Crippen LogP contribution is -2.11. The van der Waals surface area contributed by atoms with E-state index in [-0.39, 0.29) is 6.10 Å². The second-order valence-corrected chi connectivity index (χ2v) is 5.08. The average Bonchev–Trinajstić information content (AvgIpc) is 2.43. The zero-order valence-corrected chi connectivity index (χ0v) is 11.7. The number of rotatable bonds is 7. The van der Waals surface area contributed by atoms with Gasteiger partial charge < -0.3 is 14.6 Å². The fraction of sp³-hybridized carbons (Fsp3) is 0.625. The summed E-state index contributed by atoms with van der Waals surface area (Å²) in [5.74, 6) is 0.881. The fourth-order valence-electron chi connectivity index (χ4n) is 2.42. The molecule has 3 heteroatoms. The van der Waals surface area contributed by atoms with Gasteiger partial charge in [-0.3, -0.25) is 0 Å². The minimum Gasteiger partial charge on any atom is -0.491 e. The number of hydrogen-bond donors (Lipinski definition) is 1. The topological polar surface area (TPSA) is 38.7 Å². The number of aliphatic hydroxyl groups excluding tert-OH is 1. The first-order valence-electron chi connectivity index (χ1n) is 7.32. The number of aryl methyl sites for hydroxylation is 1. The first-order valence-corrected chi connectivity index (χ1v) is 7.32. The van der Waals surface area contributed by atoms with Crippen LogP contribution < -0.4 is 4.74 Å². The molecule has 0 aliphatic heterocycles. The van der Waals surface area contributed by atoms with Crippen LogP contribution in [-0.4, -0.2) is 24.9 Å². The average molecular weight is 264 g/mol. The van der Waals surface area contributed by atoms with Gasteiger partial charge in [0.1, 0.15) is 12.4 Å². The Balaban J connectivity index is 1.78. The Morgan fingerprint density at radius 1 is 1.26 bits per heavy atom. The summed E-state index contributed by atoms with van der Waals surface area (Å²) in [6.07, 6.45) is 4.94. The molecule has 3 nitrogen and oxygen atoms in total. The molecule has 0 aromatic heterocycles. The molecule has 1 aromatic rings. The van der Waals surface area contributed by atoms with Gasteiger partial charge in [0.05, 0.1) is 12.7 Å². The lowest BCUT2D eigenvalue weighted by molar-refractivity contribution is 0.0979. The Morgan fingerprint density at radius 3 is 3.00 bits per heavy atom. The van der Waals surface area contributed by atoms with E-state index in [0.717, 1.165) is 50.0 Å². The van der Waals surface area contributed by atoms with Crippen molar-refractivity contribution in [2.75, 3.05) is 19.8 Å². The van der Waals surface area contributed by atoms with Gasteiger partial charge in [0, 0.05) is 6.61 Å². The highest BCUT2D eigenvalue weighted by molar-refractivity contribution is 5.38. The van der Waals surface area contributed by atoms with E-state index in [9.17, 15) is 5.11 Å². The van der Waals surface area contributed by atoms with Crippen molar-refractivity contribution in [3.8, 4) is 5.75 Å². The quantitative estimate of drug-likeness (QED) is 0.768. The zero-order valence-electron chi connectivity index (χ0n) is 11.7. The van der Waals surface area contributed by atoms with E-state index in [0.29, 0.717) is 13.2 Å². The highest BCUT2D eigenvalue weighted by Gasteiger charge is 2.17. The summed E-state index contributed by atoms with van der Waals surface area (Å²) in [7, 11) is 0. The van der Waals surface area contributed by atoms with Crippen LogP contribution in [0.1, 0.15) is 49.8 Å². The van der Waals surface area contributed by atoms with Gasteiger partial charge in [-0.25, -0.2) is 0 Å². The van der Waals surface area contributed by atoms with E-state index in [1.165, 1.54) is 5.56 Å². The van der Waals surface area contributed by atoms with Crippen LogP contribution in [0.4, 0.5) is 0 Å². The number of ether oxygens (including phenoxy) is 2. The Morgan fingerprint density at radius 2 is 2.16 bits per heavy atom. The summed E-state index contributed by atoms with van der Waals surface area (Å²) in [6, 6.07) is 6.00. The molecule has 1 atom stereocenters. The Hall–Kier alpha value is -1.06. The lowest BCUT2D eigenvalue weighted by Gasteiger charge is -2.21. The molecule has 2 rings (SSSR count). The van der Waals surface area contributed by atoms with Gasteiger partial charge in [-0.2, -0.15) is 0 Å².